The molecule has 2 aromatic carbocycles. The van der Waals surface area contributed by atoms with Gasteiger partial charge < -0.3 is 16.6 Å². The van der Waals surface area contributed by atoms with Crippen molar-refractivity contribution >= 4 is 59.7 Å². The summed E-state index contributed by atoms with van der Waals surface area (Å²) in [5, 5.41) is 10.0. The van der Waals surface area contributed by atoms with Crippen LogP contribution in [0.5, 0.6) is 0 Å². The van der Waals surface area contributed by atoms with Gasteiger partial charge in [0.2, 0.25) is 0 Å². The first kappa shape index (κ1) is 21.3. The summed E-state index contributed by atoms with van der Waals surface area (Å²) < 4.78 is 0. The maximum atomic E-state index is 10.0. The van der Waals surface area contributed by atoms with Gasteiger partial charge in [0.25, 0.3) is 0 Å². The Bertz CT molecular complexity index is 523. The van der Waals surface area contributed by atoms with E-state index >= 15 is 0 Å². The standard InChI is InChI=1S/C15H18N2OS2.2ClH/c16-12-5-1-3-7-14(12)19-9-11(18)10-20-15-8-4-2-6-13(15)17;;/h1-8,11,18H,9-10,16-17H2;2*1H. The quantitative estimate of drug-likeness (QED) is 0.524. The Morgan fingerprint density at radius 3 is 1.50 bits per heavy atom. The van der Waals surface area contributed by atoms with E-state index in [9.17, 15) is 5.11 Å². The van der Waals surface area contributed by atoms with Crippen LogP contribution in [0.4, 0.5) is 11.4 Å². The SMILES string of the molecule is Cl.Cl.Nc1ccccc1SCC(O)CSc1ccccc1N. The molecule has 5 N–H and O–H groups in total. The number of hydrogen-bond acceptors (Lipinski definition) is 5. The summed E-state index contributed by atoms with van der Waals surface area (Å²) in [6, 6.07) is 15.4. The topological polar surface area (TPSA) is 72.3 Å². The first-order chi connectivity index (χ1) is 9.66. The van der Waals surface area contributed by atoms with Crippen molar-refractivity contribution in [1.29, 1.82) is 0 Å². The number of para-hydroxylation sites is 2. The Labute approximate surface area is 152 Å². The Hall–Kier alpha value is -0.720. The maximum absolute atomic E-state index is 10.0. The second-order valence-electron chi connectivity index (χ2n) is 4.35. The van der Waals surface area contributed by atoms with Gasteiger partial charge in [0.1, 0.15) is 0 Å². The molecule has 0 aromatic heterocycles. The Morgan fingerprint density at radius 1 is 0.773 bits per heavy atom. The third kappa shape index (κ3) is 6.58. The average molecular weight is 379 g/mol. The van der Waals surface area contributed by atoms with Crippen LogP contribution in [0.2, 0.25) is 0 Å². The number of halogens is 2. The lowest BCUT2D eigenvalue weighted by Gasteiger charge is -2.12. The number of nitrogen functional groups attached to an aromatic ring is 2. The monoisotopic (exact) mass is 378 g/mol. The van der Waals surface area contributed by atoms with Gasteiger partial charge in [0.15, 0.2) is 0 Å². The fraction of sp³-hybridized carbons (Fsp3) is 0.200. The van der Waals surface area contributed by atoms with Crippen molar-refractivity contribution < 1.29 is 5.11 Å². The van der Waals surface area contributed by atoms with E-state index in [1.54, 1.807) is 23.5 Å². The van der Waals surface area contributed by atoms with Crippen molar-refractivity contribution in [3.8, 4) is 0 Å². The number of aliphatic hydroxyl groups is 1. The van der Waals surface area contributed by atoms with Gasteiger partial charge in [-0.2, -0.15) is 0 Å². The smallest absolute Gasteiger partial charge is 0.0727 e. The molecule has 0 unspecified atom stereocenters. The molecule has 0 saturated heterocycles. The molecule has 0 atom stereocenters. The number of anilines is 2. The zero-order valence-electron chi connectivity index (χ0n) is 11.8. The summed E-state index contributed by atoms with van der Waals surface area (Å²) in [7, 11) is 0. The van der Waals surface area contributed by atoms with E-state index in [1.165, 1.54) is 0 Å². The number of thioether (sulfide) groups is 2. The third-order valence-electron chi connectivity index (χ3n) is 2.70. The Balaban J connectivity index is 0.00000220. The first-order valence-corrected chi connectivity index (χ1v) is 8.26. The minimum absolute atomic E-state index is 0. The highest BCUT2D eigenvalue weighted by Crippen LogP contribution is 2.28. The maximum Gasteiger partial charge on any atom is 0.0727 e. The van der Waals surface area contributed by atoms with Crippen molar-refractivity contribution in [2.24, 2.45) is 0 Å². The van der Waals surface area contributed by atoms with Gasteiger partial charge in [-0.3, -0.25) is 0 Å². The van der Waals surface area contributed by atoms with E-state index in [1.807, 2.05) is 48.5 Å². The van der Waals surface area contributed by atoms with Crippen molar-refractivity contribution in [2.45, 2.75) is 15.9 Å². The largest absolute Gasteiger partial charge is 0.398 e. The molecule has 0 aliphatic heterocycles. The van der Waals surface area contributed by atoms with Crippen molar-refractivity contribution in [1.82, 2.24) is 0 Å². The molecular formula is C15H20Cl2N2OS2. The normalized spacial score (nSPS) is 9.91. The van der Waals surface area contributed by atoms with Crippen LogP contribution in [0.3, 0.4) is 0 Å². The number of rotatable bonds is 6. The summed E-state index contributed by atoms with van der Waals surface area (Å²) in [5.74, 6) is 1.24. The Kier molecular flexibility index (Phi) is 10.6. The molecule has 7 heteroatoms. The van der Waals surface area contributed by atoms with Gasteiger partial charge in [-0.05, 0) is 24.3 Å². The third-order valence-corrected chi connectivity index (χ3v) is 5.17. The molecule has 0 aliphatic carbocycles. The predicted octanol–water partition coefficient (Wildman–Crippen LogP) is 3.94. The van der Waals surface area contributed by atoms with E-state index in [-0.39, 0.29) is 24.8 Å². The van der Waals surface area contributed by atoms with Crippen LogP contribution in [0.15, 0.2) is 58.3 Å². The number of nitrogens with two attached hydrogens (primary N) is 2. The van der Waals surface area contributed by atoms with E-state index in [4.69, 9.17) is 11.5 Å². The van der Waals surface area contributed by atoms with Gasteiger partial charge in [-0.25, -0.2) is 0 Å². The van der Waals surface area contributed by atoms with Crippen LogP contribution in [-0.2, 0) is 0 Å². The van der Waals surface area contributed by atoms with Gasteiger partial charge >= 0.3 is 0 Å². The molecule has 0 heterocycles. The molecule has 0 aliphatic rings. The summed E-state index contributed by atoms with van der Waals surface area (Å²) in [6.45, 7) is 0. The second-order valence-corrected chi connectivity index (χ2v) is 6.48. The first-order valence-electron chi connectivity index (χ1n) is 6.29. The average Bonchev–Trinajstić information content (AvgIpc) is 2.45. The molecular weight excluding hydrogens is 359 g/mol. The van der Waals surface area contributed by atoms with Crippen LogP contribution in [0.25, 0.3) is 0 Å². The van der Waals surface area contributed by atoms with E-state index in [2.05, 4.69) is 0 Å². The van der Waals surface area contributed by atoms with Crippen LogP contribution < -0.4 is 11.5 Å². The van der Waals surface area contributed by atoms with E-state index < -0.39 is 6.10 Å². The van der Waals surface area contributed by atoms with Crippen LogP contribution in [0.1, 0.15) is 0 Å². The molecule has 0 fully saturated rings. The second kappa shape index (κ2) is 10.9. The molecule has 0 saturated carbocycles. The minimum atomic E-state index is -0.399. The summed E-state index contributed by atoms with van der Waals surface area (Å²) in [5.41, 5.74) is 13.2. The molecule has 2 aromatic rings. The number of hydrogen-bond donors (Lipinski definition) is 3. The highest BCUT2D eigenvalue weighted by atomic mass is 35.5. The lowest BCUT2D eigenvalue weighted by atomic mass is 10.3. The van der Waals surface area contributed by atoms with E-state index in [0.29, 0.717) is 11.5 Å². The van der Waals surface area contributed by atoms with Crippen molar-refractivity contribution in [3.05, 3.63) is 48.5 Å². The molecule has 2 rings (SSSR count). The van der Waals surface area contributed by atoms with Crippen LogP contribution >= 0.6 is 48.3 Å². The summed E-state index contributed by atoms with van der Waals surface area (Å²) in [6.07, 6.45) is -0.399. The molecule has 0 amide bonds. The number of aliphatic hydroxyl groups excluding tert-OH is 1. The van der Waals surface area contributed by atoms with Gasteiger partial charge in [0, 0.05) is 32.7 Å². The van der Waals surface area contributed by atoms with Gasteiger partial charge in [-0.1, -0.05) is 24.3 Å². The lowest BCUT2D eigenvalue weighted by molar-refractivity contribution is 0.225. The number of benzene rings is 2. The zero-order valence-corrected chi connectivity index (χ0v) is 15.1. The zero-order chi connectivity index (χ0) is 14.4. The predicted molar refractivity (Wildman–Crippen MR) is 104 cm³/mol. The summed E-state index contributed by atoms with van der Waals surface area (Å²) in [4.78, 5) is 2.02. The molecule has 0 bridgehead atoms. The van der Waals surface area contributed by atoms with Gasteiger partial charge in [0.05, 0.1) is 6.10 Å². The fourth-order valence-electron chi connectivity index (χ4n) is 1.64. The molecule has 22 heavy (non-hydrogen) atoms. The highest BCUT2D eigenvalue weighted by molar-refractivity contribution is 8.00. The fourth-order valence-corrected chi connectivity index (χ4v) is 3.59. The molecule has 122 valence electrons. The van der Waals surface area contributed by atoms with Gasteiger partial charge in [-0.15, -0.1) is 48.3 Å². The highest BCUT2D eigenvalue weighted by Gasteiger charge is 2.08. The van der Waals surface area contributed by atoms with Crippen molar-refractivity contribution in [3.63, 3.8) is 0 Å². The summed E-state index contributed by atoms with van der Waals surface area (Å²) >= 11 is 3.15. The Morgan fingerprint density at radius 2 is 1.14 bits per heavy atom. The minimum Gasteiger partial charge on any atom is -0.398 e. The van der Waals surface area contributed by atoms with Crippen LogP contribution in [0, 0.1) is 0 Å². The molecule has 3 nitrogen and oxygen atoms in total. The van der Waals surface area contributed by atoms with E-state index in [0.717, 1.165) is 21.2 Å². The molecule has 0 radical (unpaired) electrons. The van der Waals surface area contributed by atoms with Crippen LogP contribution in [-0.4, -0.2) is 22.7 Å². The lowest BCUT2D eigenvalue weighted by Crippen LogP contribution is -2.13. The van der Waals surface area contributed by atoms with Crippen molar-refractivity contribution in [2.75, 3.05) is 23.0 Å². The molecule has 0 spiro atoms.